The maximum Gasteiger partial charge on any atom is 0.243 e. The maximum atomic E-state index is 5.68. The summed E-state index contributed by atoms with van der Waals surface area (Å²) < 4.78 is 21.8. The molecule has 36 heavy (non-hydrogen) atoms. The fourth-order valence-electron chi connectivity index (χ4n) is 2.61. The lowest BCUT2D eigenvalue weighted by molar-refractivity contribution is 0.00914. The first-order valence-corrected chi connectivity index (χ1v) is 13.2. The van der Waals surface area contributed by atoms with Crippen LogP contribution in [0.3, 0.4) is 0 Å². The minimum atomic E-state index is -0.175. The van der Waals surface area contributed by atoms with Crippen molar-refractivity contribution in [2.24, 2.45) is 23.7 Å². The molecule has 0 spiro atoms. The molecule has 0 radical (unpaired) electrons. The minimum absolute atomic E-state index is 0.175. The van der Waals surface area contributed by atoms with Crippen molar-refractivity contribution in [3.05, 3.63) is 61.1 Å². The molecule has 1 atom stereocenters. The molecule has 0 bridgehead atoms. The van der Waals surface area contributed by atoms with E-state index in [0.717, 1.165) is 51.2 Å². The number of para-hydroxylation sites is 1. The quantitative estimate of drug-likeness (QED) is 0.263. The van der Waals surface area contributed by atoms with Gasteiger partial charge in [-0.3, -0.25) is 0 Å². The summed E-state index contributed by atoms with van der Waals surface area (Å²) in [5, 5.41) is 2.21. The van der Waals surface area contributed by atoms with Gasteiger partial charge in [0.25, 0.3) is 0 Å². The average molecular weight is 497 g/mol. The second-order valence-corrected chi connectivity index (χ2v) is 11.3. The number of furan rings is 2. The van der Waals surface area contributed by atoms with Crippen molar-refractivity contribution in [3.63, 3.8) is 0 Å². The van der Waals surface area contributed by atoms with E-state index in [-0.39, 0.29) is 6.29 Å². The van der Waals surface area contributed by atoms with Gasteiger partial charge in [-0.2, -0.15) is 0 Å². The van der Waals surface area contributed by atoms with Gasteiger partial charge in [0.1, 0.15) is 11.2 Å². The van der Waals surface area contributed by atoms with Gasteiger partial charge in [0.15, 0.2) is 11.5 Å². The third-order valence-corrected chi connectivity index (χ3v) is 3.91. The molecule has 4 nitrogen and oxygen atoms in total. The molecule has 4 aromatic rings. The normalized spacial score (nSPS) is 13.5. The van der Waals surface area contributed by atoms with Crippen LogP contribution in [0.4, 0.5) is 0 Å². The highest BCUT2D eigenvalue weighted by atomic mass is 16.7. The molecule has 1 aliphatic rings. The van der Waals surface area contributed by atoms with Crippen molar-refractivity contribution in [2.75, 3.05) is 0 Å². The Morgan fingerprint density at radius 1 is 0.528 bits per heavy atom. The molecular formula is C32H48O4. The van der Waals surface area contributed by atoms with Gasteiger partial charge < -0.3 is 18.3 Å². The molecule has 4 heteroatoms. The number of ether oxygens (including phenoxy) is 2. The van der Waals surface area contributed by atoms with E-state index in [1.807, 2.05) is 48.5 Å². The van der Waals surface area contributed by atoms with E-state index in [2.05, 4.69) is 76.2 Å². The van der Waals surface area contributed by atoms with Crippen LogP contribution in [0.1, 0.15) is 76.2 Å². The molecular weight excluding hydrogens is 448 g/mol. The second-order valence-electron chi connectivity index (χ2n) is 11.3. The third kappa shape index (κ3) is 12.2. The highest BCUT2D eigenvalue weighted by molar-refractivity contribution is 5.81. The van der Waals surface area contributed by atoms with E-state index in [4.69, 9.17) is 18.3 Å². The Hall–Kier alpha value is -2.88. The van der Waals surface area contributed by atoms with Gasteiger partial charge in [-0.1, -0.05) is 94.4 Å². The smallest absolute Gasteiger partial charge is 0.243 e. The summed E-state index contributed by atoms with van der Waals surface area (Å²) in [6.07, 6.45) is 3.19. The number of benzene rings is 2. The molecule has 0 aliphatic carbocycles. The van der Waals surface area contributed by atoms with Gasteiger partial charge in [0.05, 0.1) is 12.5 Å². The monoisotopic (exact) mass is 496 g/mol. The lowest BCUT2D eigenvalue weighted by atomic mass is 10.2. The summed E-state index contributed by atoms with van der Waals surface area (Å²) in [7, 11) is 0. The molecule has 0 fully saturated rings. The second kappa shape index (κ2) is 16.0. The molecule has 1 unspecified atom stereocenters. The first-order valence-electron chi connectivity index (χ1n) is 13.2. The van der Waals surface area contributed by atoms with E-state index >= 15 is 0 Å². The molecule has 1 aliphatic heterocycles. The predicted octanol–water partition coefficient (Wildman–Crippen LogP) is 10.6. The first kappa shape index (κ1) is 31.2. The zero-order valence-corrected chi connectivity index (χ0v) is 24.3. The third-order valence-electron chi connectivity index (χ3n) is 3.91. The van der Waals surface area contributed by atoms with Crippen molar-refractivity contribution in [1.29, 1.82) is 0 Å². The Morgan fingerprint density at radius 2 is 0.972 bits per heavy atom. The number of fused-ring (bicyclic) bond motifs is 3. The van der Waals surface area contributed by atoms with Crippen LogP contribution in [0, 0.1) is 23.7 Å². The highest BCUT2D eigenvalue weighted by Gasteiger charge is 2.27. The van der Waals surface area contributed by atoms with Crippen molar-refractivity contribution in [1.82, 2.24) is 0 Å². The topological polar surface area (TPSA) is 44.7 Å². The minimum Gasteiger partial charge on any atom is -0.464 e. The van der Waals surface area contributed by atoms with E-state index in [0.29, 0.717) is 5.92 Å². The molecule has 0 amide bonds. The van der Waals surface area contributed by atoms with Crippen molar-refractivity contribution in [3.8, 4) is 11.5 Å². The predicted molar refractivity (Wildman–Crippen MR) is 154 cm³/mol. The fraction of sp³-hybridized carbons (Fsp3) is 0.500. The molecule has 5 rings (SSSR count). The molecule has 0 saturated carbocycles. The van der Waals surface area contributed by atoms with Crippen LogP contribution in [0.2, 0.25) is 0 Å². The lowest BCUT2D eigenvalue weighted by Crippen LogP contribution is -2.24. The van der Waals surface area contributed by atoms with E-state index in [9.17, 15) is 0 Å². The van der Waals surface area contributed by atoms with Crippen LogP contribution in [-0.4, -0.2) is 6.29 Å². The molecule has 0 N–H and O–H groups in total. The Kier molecular flexibility index (Phi) is 13.8. The SMILES string of the molecule is CC(C)C.CC(C)C.CC(C)C.CC(C)C1Oc2cc3ccoc3cc2O1.c1ccc2occc2c1. The molecule has 200 valence electrons. The van der Waals surface area contributed by atoms with Crippen molar-refractivity contribution < 1.29 is 18.3 Å². The van der Waals surface area contributed by atoms with Crippen molar-refractivity contribution >= 4 is 21.9 Å². The Balaban J connectivity index is 0.000000263. The van der Waals surface area contributed by atoms with Gasteiger partial charge >= 0.3 is 0 Å². The zero-order chi connectivity index (χ0) is 27.3. The summed E-state index contributed by atoms with van der Waals surface area (Å²) in [6.45, 7) is 23.6. The Morgan fingerprint density at radius 3 is 1.47 bits per heavy atom. The average Bonchev–Trinajstić information content (AvgIpc) is 3.49. The summed E-state index contributed by atoms with van der Waals surface area (Å²) in [5.41, 5.74) is 1.79. The van der Waals surface area contributed by atoms with Crippen LogP contribution in [0.25, 0.3) is 21.9 Å². The van der Waals surface area contributed by atoms with E-state index in [1.54, 1.807) is 12.5 Å². The van der Waals surface area contributed by atoms with Gasteiger partial charge in [0, 0.05) is 22.8 Å². The van der Waals surface area contributed by atoms with Gasteiger partial charge in [-0.25, -0.2) is 0 Å². The van der Waals surface area contributed by atoms with E-state index in [1.165, 1.54) is 0 Å². The van der Waals surface area contributed by atoms with E-state index < -0.39 is 0 Å². The van der Waals surface area contributed by atoms with Crippen LogP contribution >= 0.6 is 0 Å². The number of hydrogen-bond donors (Lipinski definition) is 0. The Labute approximate surface area is 219 Å². The Bertz CT molecular complexity index is 1010. The molecule has 2 aromatic carbocycles. The van der Waals surface area contributed by atoms with Crippen LogP contribution in [0.15, 0.2) is 69.9 Å². The van der Waals surface area contributed by atoms with Crippen LogP contribution < -0.4 is 9.47 Å². The summed E-state index contributed by atoms with van der Waals surface area (Å²) in [5.74, 6) is 4.42. The van der Waals surface area contributed by atoms with Crippen LogP contribution in [-0.2, 0) is 0 Å². The molecule has 0 saturated heterocycles. The first-order chi connectivity index (χ1) is 16.9. The maximum absolute atomic E-state index is 5.68. The fourth-order valence-corrected chi connectivity index (χ4v) is 2.61. The number of rotatable bonds is 1. The number of hydrogen-bond acceptors (Lipinski definition) is 4. The van der Waals surface area contributed by atoms with Gasteiger partial charge in [0.2, 0.25) is 6.29 Å². The standard InChI is InChI=1S/C12H12O3.C8H6O.3C4H10/c1-7(2)12-14-10-5-8-3-4-13-9(8)6-11(10)15-12;1-2-4-8-7(3-1)5-6-9-8;3*1-4(2)3/h3-7,12H,1-2H3;1-6H;3*4H,1-3H3. The zero-order valence-electron chi connectivity index (χ0n) is 24.3. The van der Waals surface area contributed by atoms with Gasteiger partial charge in [-0.05, 0) is 42.0 Å². The molecule has 3 heterocycles. The van der Waals surface area contributed by atoms with Crippen molar-refractivity contribution in [2.45, 2.75) is 82.5 Å². The van der Waals surface area contributed by atoms with Crippen LogP contribution in [0.5, 0.6) is 11.5 Å². The summed E-state index contributed by atoms with van der Waals surface area (Å²) in [4.78, 5) is 0. The highest BCUT2D eigenvalue weighted by Crippen LogP contribution is 2.39. The lowest BCUT2D eigenvalue weighted by Gasteiger charge is -2.12. The summed E-state index contributed by atoms with van der Waals surface area (Å²) in [6, 6.07) is 15.7. The van der Waals surface area contributed by atoms with Gasteiger partial charge in [-0.15, -0.1) is 0 Å². The largest absolute Gasteiger partial charge is 0.464 e. The summed E-state index contributed by atoms with van der Waals surface area (Å²) >= 11 is 0. The molecule has 2 aromatic heterocycles.